The number of aromatic nitrogens is 1. The predicted octanol–water partition coefficient (Wildman–Crippen LogP) is 3.14. The monoisotopic (exact) mass is 323 g/mol. The number of piperidine rings is 1. The Balaban J connectivity index is 1.87. The fourth-order valence-corrected chi connectivity index (χ4v) is 4.09. The summed E-state index contributed by atoms with van der Waals surface area (Å²) in [7, 11) is 0. The molecule has 5 heteroatoms. The fraction of sp³-hybridized carbons (Fsp3) is 0.765. The summed E-state index contributed by atoms with van der Waals surface area (Å²) in [5.41, 5.74) is 1.07. The van der Waals surface area contributed by atoms with E-state index in [0.29, 0.717) is 12.6 Å². The maximum Gasteiger partial charge on any atom is 0.224 e. The van der Waals surface area contributed by atoms with Gasteiger partial charge in [-0.2, -0.15) is 0 Å². The second kappa shape index (κ2) is 8.06. The van der Waals surface area contributed by atoms with E-state index in [1.807, 2.05) is 6.92 Å². The highest BCUT2D eigenvalue weighted by Crippen LogP contribution is 2.21. The van der Waals surface area contributed by atoms with Crippen molar-refractivity contribution in [3.05, 3.63) is 15.6 Å². The van der Waals surface area contributed by atoms with E-state index in [4.69, 9.17) is 0 Å². The van der Waals surface area contributed by atoms with Crippen LogP contribution in [0.3, 0.4) is 0 Å². The second-order valence-corrected chi connectivity index (χ2v) is 7.68. The third kappa shape index (κ3) is 4.53. The van der Waals surface area contributed by atoms with Crippen molar-refractivity contribution in [2.75, 3.05) is 13.1 Å². The van der Waals surface area contributed by atoms with E-state index >= 15 is 0 Å². The van der Waals surface area contributed by atoms with Gasteiger partial charge in [0.25, 0.3) is 0 Å². The summed E-state index contributed by atoms with van der Waals surface area (Å²) in [4.78, 5) is 20.6. The van der Waals surface area contributed by atoms with Gasteiger partial charge in [-0.25, -0.2) is 4.98 Å². The molecule has 2 rings (SSSR count). The average Bonchev–Trinajstić information content (AvgIpc) is 2.85. The topological polar surface area (TPSA) is 45.2 Å². The minimum absolute atomic E-state index is 0.138. The summed E-state index contributed by atoms with van der Waals surface area (Å²) in [6, 6.07) is 0.524. The first-order chi connectivity index (χ1) is 10.5. The predicted molar refractivity (Wildman–Crippen MR) is 92.1 cm³/mol. The SMILES string of the molecule is CCCc1nc(C)c(CNC(=O)C2CCCN(C(C)C)C2)s1. The molecule has 0 bridgehead atoms. The van der Waals surface area contributed by atoms with Gasteiger partial charge in [-0.1, -0.05) is 6.92 Å². The number of carbonyl (C=O) groups excluding carboxylic acids is 1. The van der Waals surface area contributed by atoms with Gasteiger partial charge in [0, 0.05) is 17.5 Å². The second-order valence-electron chi connectivity index (χ2n) is 6.51. The minimum atomic E-state index is 0.138. The third-order valence-electron chi connectivity index (χ3n) is 4.38. The standard InChI is InChI=1S/C17H29N3OS/c1-5-7-16-19-13(4)15(22-16)10-18-17(21)14-8-6-9-20(11-14)12(2)3/h12,14H,5-11H2,1-4H3,(H,18,21). The molecule has 1 aliphatic heterocycles. The van der Waals surface area contributed by atoms with Crippen LogP contribution in [0.15, 0.2) is 0 Å². The van der Waals surface area contributed by atoms with Crippen molar-refractivity contribution in [1.82, 2.24) is 15.2 Å². The first-order valence-electron chi connectivity index (χ1n) is 8.48. The number of hydrogen-bond donors (Lipinski definition) is 1. The van der Waals surface area contributed by atoms with E-state index in [1.54, 1.807) is 11.3 Å². The molecule has 1 unspecified atom stereocenters. The first-order valence-corrected chi connectivity index (χ1v) is 9.29. The number of thiazole rings is 1. The normalized spacial score (nSPS) is 19.6. The number of carbonyl (C=O) groups is 1. The lowest BCUT2D eigenvalue weighted by Crippen LogP contribution is -2.45. The Bertz CT molecular complexity index is 498. The van der Waals surface area contributed by atoms with Gasteiger partial charge in [-0.3, -0.25) is 4.79 Å². The van der Waals surface area contributed by atoms with Crippen LogP contribution in [-0.2, 0) is 17.8 Å². The summed E-state index contributed by atoms with van der Waals surface area (Å²) < 4.78 is 0. The molecular formula is C17H29N3OS. The van der Waals surface area contributed by atoms with E-state index in [2.05, 4.69) is 36.0 Å². The number of rotatable bonds is 6. The average molecular weight is 324 g/mol. The molecule has 0 aromatic carbocycles. The zero-order valence-electron chi connectivity index (χ0n) is 14.3. The van der Waals surface area contributed by atoms with Crippen molar-refractivity contribution >= 4 is 17.2 Å². The highest BCUT2D eigenvalue weighted by atomic mass is 32.1. The van der Waals surface area contributed by atoms with Crippen LogP contribution in [0, 0.1) is 12.8 Å². The summed E-state index contributed by atoms with van der Waals surface area (Å²) in [6.07, 6.45) is 4.28. The Labute approximate surface area is 138 Å². The van der Waals surface area contributed by atoms with Gasteiger partial charge in [0.15, 0.2) is 0 Å². The molecule has 124 valence electrons. The van der Waals surface area contributed by atoms with Crippen molar-refractivity contribution in [3.63, 3.8) is 0 Å². The van der Waals surface area contributed by atoms with E-state index in [1.165, 1.54) is 9.88 Å². The zero-order chi connectivity index (χ0) is 16.1. The Hall–Kier alpha value is -0.940. The summed E-state index contributed by atoms with van der Waals surface area (Å²) in [5, 5.41) is 4.32. The molecule has 0 radical (unpaired) electrons. The molecular weight excluding hydrogens is 294 g/mol. The Morgan fingerprint density at radius 3 is 2.95 bits per heavy atom. The molecule has 1 aromatic rings. The molecule has 1 saturated heterocycles. The molecule has 1 aliphatic rings. The quantitative estimate of drug-likeness (QED) is 0.875. The maximum absolute atomic E-state index is 12.4. The van der Waals surface area contributed by atoms with Crippen molar-refractivity contribution in [2.24, 2.45) is 5.92 Å². The minimum Gasteiger partial charge on any atom is -0.351 e. The van der Waals surface area contributed by atoms with Crippen molar-refractivity contribution in [1.29, 1.82) is 0 Å². The molecule has 1 aromatic heterocycles. The first kappa shape index (κ1) is 17.4. The van der Waals surface area contributed by atoms with Gasteiger partial charge in [0.1, 0.15) is 0 Å². The number of nitrogens with one attached hydrogen (secondary N) is 1. The Kier molecular flexibility index (Phi) is 6.38. The van der Waals surface area contributed by atoms with Crippen LogP contribution in [0.4, 0.5) is 0 Å². The lowest BCUT2D eigenvalue weighted by atomic mass is 9.96. The van der Waals surface area contributed by atoms with E-state index in [0.717, 1.165) is 44.5 Å². The van der Waals surface area contributed by atoms with Gasteiger partial charge >= 0.3 is 0 Å². The third-order valence-corrected chi connectivity index (χ3v) is 5.60. The van der Waals surface area contributed by atoms with Crippen LogP contribution in [0.2, 0.25) is 0 Å². The molecule has 4 nitrogen and oxygen atoms in total. The lowest BCUT2D eigenvalue weighted by molar-refractivity contribution is -0.127. The Morgan fingerprint density at radius 1 is 1.50 bits per heavy atom. The van der Waals surface area contributed by atoms with Gasteiger partial charge < -0.3 is 10.2 Å². The van der Waals surface area contributed by atoms with Crippen LogP contribution in [0.1, 0.15) is 55.6 Å². The molecule has 1 atom stereocenters. The largest absolute Gasteiger partial charge is 0.351 e. The van der Waals surface area contributed by atoms with Crippen LogP contribution >= 0.6 is 11.3 Å². The highest BCUT2D eigenvalue weighted by Gasteiger charge is 2.26. The van der Waals surface area contributed by atoms with Crippen LogP contribution < -0.4 is 5.32 Å². The summed E-state index contributed by atoms with van der Waals surface area (Å²) in [6.45, 7) is 11.3. The number of amides is 1. The maximum atomic E-state index is 12.4. The molecule has 0 saturated carbocycles. The summed E-state index contributed by atoms with van der Waals surface area (Å²) >= 11 is 1.74. The molecule has 1 fully saturated rings. The van der Waals surface area contributed by atoms with Gasteiger partial charge in [0.2, 0.25) is 5.91 Å². The molecule has 2 heterocycles. The number of aryl methyl sites for hydroxylation is 2. The summed E-state index contributed by atoms with van der Waals surface area (Å²) in [5.74, 6) is 0.342. The van der Waals surface area contributed by atoms with E-state index in [9.17, 15) is 4.79 Å². The fourth-order valence-electron chi connectivity index (χ4n) is 2.97. The molecule has 1 N–H and O–H groups in total. The van der Waals surface area contributed by atoms with Gasteiger partial charge in [-0.15, -0.1) is 11.3 Å². The van der Waals surface area contributed by atoms with Crippen LogP contribution in [-0.4, -0.2) is 34.9 Å². The van der Waals surface area contributed by atoms with Crippen molar-refractivity contribution < 1.29 is 4.79 Å². The van der Waals surface area contributed by atoms with Crippen LogP contribution in [0.25, 0.3) is 0 Å². The van der Waals surface area contributed by atoms with Crippen molar-refractivity contribution in [3.8, 4) is 0 Å². The van der Waals surface area contributed by atoms with Gasteiger partial charge in [0.05, 0.1) is 23.2 Å². The highest BCUT2D eigenvalue weighted by molar-refractivity contribution is 7.11. The van der Waals surface area contributed by atoms with Crippen molar-refractivity contribution in [2.45, 2.75) is 66.0 Å². The molecule has 0 aliphatic carbocycles. The lowest BCUT2D eigenvalue weighted by Gasteiger charge is -2.34. The number of nitrogens with zero attached hydrogens (tertiary/aromatic N) is 2. The molecule has 22 heavy (non-hydrogen) atoms. The number of likely N-dealkylation sites (tertiary alicyclic amines) is 1. The van der Waals surface area contributed by atoms with E-state index < -0.39 is 0 Å². The smallest absolute Gasteiger partial charge is 0.224 e. The van der Waals surface area contributed by atoms with Gasteiger partial charge in [-0.05, 0) is 53.0 Å². The number of hydrogen-bond acceptors (Lipinski definition) is 4. The zero-order valence-corrected chi connectivity index (χ0v) is 15.1. The molecule has 1 amide bonds. The van der Waals surface area contributed by atoms with Crippen LogP contribution in [0.5, 0.6) is 0 Å². The molecule has 0 spiro atoms. The Morgan fingerprint density at radius 2 is 2.27 bits per heavy atom. The van der Waals surface area contributed by atoms with E-state index in [-0.39, 0.29) is 11.8 Å².